The van der Waals surface area contributed by atoms with Gasteiger partial charge < -0.3 is 5.32 Å². The Bertz CT molecular complexity index is 600. The predicted molar refractivity (Wildman–Crippen MR) is 93.2 cm³/mol. The van der Waals surface area contributed by atoms with Crippen molar-refractivity contribution in [2.45, 2.75) is 51.5 Å². The minimum atomic E-state index is 0.0245. The Morgan fingerprint density at radius 3 is 2.55 bits per heavy atom. The average Bonchev–Trinajstić information content (AvgIpc) is 2.83. The van der Waals surface area contributed by atoms with Crippen molar-refractivity contribution in [2.24, 2.45) is 0 Å². The monoisotopic (exact) mass is 314 g/mol. The first kappa shape index (κ1) is 15.2. The van der Waals surface area contributed by atoms with Gasteiger partial charge >= 0.3 is 0 Å². The molecule has 3 nitrogen and oxygen atoms in total. The van der Waals surface area contributed by atoms with E-state index >= 15 is 0 Å². The number of hydrogen-bond acceptors (Lipinski definition) is 2. The third-order valence-electron chi connectivity index (χ3n) is 4.55. The van der Waals surface area contributed by atoms with Gasteiger partial charge in [-0.1, -0.05) is 50.5 Å². The molecule has 0 atom stereocenters. The van der Waals surface area contributed by atoms with E-state index in [9.17, 15) is 4.79 Å². The number of rotatable bonds is 3. The molecule has 1 saturated carbocycles. The van der Waals surface area contributed by atoms with E-state index in [1.165, 1.54) is 24.8 Å². The van der Waals surface area contributed by atoms with Crippen LogP contribution >= 0.6 is 12.2 Å². The summed E-state index contributed by atoms with van der Waals surface area (Å²) in [5.41, 5.74) is 2.92. The van der Waals surface area contributed by atoms with Crippen LogP contribution in [0.2, 0.25) is 0 Å². The molecule has 1 aliphatic heterocycles. The Labute approximate surface area is 137 Å². The Morgan fingerprint density at radius 1 is 1.23 bits per heavy atom. The second-order valence-electron chi connectivity index (χ2n) is 6.05. The molecular weight excluding hydrogens is 292 g/mol. The van der Waals surface area contributed by atoms with E-state index in [0.717, 1.165) is 24.8 Å². The van der Waals surface area contributed by atoms with Crippen LogP contribution in [0.5, 0.6) is 0 Å². The molecule has 1 aromatic carbocycles. The molecule has 116 valence electrons. The minimum absolute atomic E-state index is 0.0245. The van der Waals surface area contributed by atoms with Crippen molar-refractivity contribution in [3.05, 3.63) is 41.1 Å². The zero-order valence-electron chi connectivity index (χ0n) is 13.0. The van der Waals surface area contributed by atoms with Crippen LogP contribution in [0.3, 0.4) is 0 Å². The van der Waals surface area contributed by atoms with Crippen molar-refractivity contribution in [1.29, 1.82) is 0 Å². The fourth-order valence-electron chi connectivity index (χ4n) is 3.24. The van der Waals surface area contributed by atoms with Crippen molar-refractivity contribution < 1.29 is 4.79 Å². The molecule has 0 spiro atoms. The van der Waals surface area contributed by atoms with Crippen LogP contribution in [-0.2, 0) is 11.2 Å². The van der Waals surface area contributed by atoms with Gasteiger partial charge in [-0.2, -0.15) is 0 Å². The number of hydrogen-bond donors (Lipinski definition) is 1. The molecule has 1 saturated heterocycles. The van der Waals surface area contributed by atoms with Crippen LogP contribution in [0.15, 0.2) is 30.0 Å². The van der Waals surface area contributed by atoms with Gasteiger partial charge in [0.05, 0.1) is 0 Å². The van der Waals surface area contributed by atoms with Gasteiger partial charge in [-0.15, -0.1) is 0 Å². The van der Waals surface area contributed by atoms with Crippen molar-refractivity contribution >= 4 is 29.3 Å². The number of thiocarbonyl (C=S) groups is 1. The zero-order chi connectivity index (χ0) is 15.5. The van der Waals surface area contributed by atoms with E-state index in [1.807, 2.05) is 18.2 Å². The van der Waals surface area contributed by atoms with E-state index in [4.69, 9.17) is 12.2 Å². The number of amides is 1. The molecule has 0 bridgehead atoms. The highest BCUT2D eigenvalue weighted by Gasteiger charge is 2.36. The summed E-state index contributed by atoms with van der Waals surface area (Å²) in [7, 11) is 0. The number of aryl methyl sites for hydroxylation is 1. The average molecular weight is 314 g/mol. The van der Waals surface area contributed by atoms with E-state index in [0.29, 0.717) is 10.8 Å². The molecule has 4 heteroatoms. The zero-order valence-corrected chi connectivity index (χ0v) is 13.8. The molecule has 2 aliphatic rings. The number of nitrogens with one attached hydrogen (secondary N) is 1. The number of carbonyl (C=O) groups is 1. The van der Waals surface area contributed by atoms with Crippen LogP contribution < -0.4 is 5.32 Å². The summed E-state index contributed by atoms with van der Waals surface area (Å²) in [5.74, 6) is 0.0245. The molecule has 1 aromatic rings. The SMILES string of the molecule is CCc1ccc(/C=C2/NC(=S)N(C3CCCCC3)C2=O)cc1. The van der Waals surface area contributed by atoms with Gasteiger partial charge in [0, 0.05) is 6.04 Å². The second-order valence-corrected chi connectivity index (χ2v) is 6.44. The second kappa shape index (κ2) is 6.61. The molecule has 0 aromatic heterocycles. The highest BCUT2D eigenvalue weighted by atomic mass is 32.1. The highest BCUT2D eigenvalue weighted by Crippen LogP contribution is 2.26. The molecule has 1 amide bonds. The maximum atomic E-state index is 12.7. The summed E-state index contributed by atoms with van der Waals surface area (Å²) in [4.78, 5) is 14.4. The van der Waals surface area contributed by atoms with Crippen LogP contribution in [0.1, 0.15) is 50.2 Å². The van der Waals surface area contributed by atoms with Gasteiger partial charge in [-0.25, -0.2) is 0 Å². The number of benzene rings is 1. The molecule has 0 radical (unpaired) electrons. The topological polar surface area (TPSA) is 32.3 Å². The van der Waals surface area contributed by atoms with Crippen molar-refractivity contribution in [3.63, 3.8) is 0 Å². The Morgan fingerprint density at radius 2 is 1.91 bits per heavy atom. The summed E-state index contributed by atoms with van der Waals surface area (Å²) < 4.78 is 0. The first-order valence-corrected chi connectivity index (χ1v) is 8.55. The lowest BCUT2D eigenvalue weighted by Gasteiger charge is -2.29. The Balaban J connectivity index is 1.78. The number of nitrogens with zero attached hydrogens (tertiary/aromatic N) is 1. The van der Waals surface area contributed by atoms with Gasteiger partial charge in [0.2, 0.25) is 0 Å². The van der Waals surface area contributed by atoms with E-state index in [1.54, 1.807) is 4.90 Å². The molecule has 22 heavy (non-hydrogen) atoms. The summed E-state index contributed by atoms with van der Waals surface area (Å²) in [6.07, 6.45) is 8.69. The molecule has 1 N–H and O–H groups in total. The number of carbonyl (C=O) groups excluding carboxylic acids is 1. The van der Waals surface area contributed by atoms with E-state index in [-0.39, 0.29) is 11.9 Å². The van der Waals surface area contributed by atoms with Crippen molar-refractivity contribution in [3.8, 4) is 0 Å². The van der Waals surface area contributed by atoms with Crippen LogP contribution in [0, 0.1) is 0 Å². The standard InChI is InChI=1S/C18H22N2OS/c1-2-13-8-10-14(11-9-13)12-16-17(21)20(18(22)19-16)15-6-4-3-5-7-15/h8-12,15H,2-7H2,1H3,(H,19,22)/b16-12+. The van der Waals surface area contributed by atoms with Crippen LogP contribution in [-0.4, -0.2) is 22.0 Å². The van der Waals surface area contributed by atoms with Crippen LogP contribution in [0.4, 0.5) is 0 Å². The van der Waals surface area contributed by atoms with Crippen molar-refractivity contribution in [2.75, 3.05) is 0 Å². The lowest BCUT2D eigenvalue weighted by molar-refractivity contribution is -0.124. The van der Waals surface area contributed by atoms with Gasteiger partial charge in [-0.05, 0) is 48.7 Å². The van der Waals surface area contributed by atoms with E-state index < -0.39 is 0 Å². The first-order valence-electron chi connectivity index (χ1n) is 8.14. The quantitative estimate of drug-likeness (QED) is 0.683. The van der Waals surface area contributed by atoms with Crippen molar-refractivity contribution in [1.82, 2.24) is 10.2 Å². The maximum Gasteiger partial charge on any atom is 0.276 e. The molecule has 1 heterocycles. The lowest BCUT2D eigenvalue weighted by Crippen LogP contribution is -2.41. The first-order chi connectivity index (χ1) is 10.7. The third kappa shape index (κ3) is 3.07. The van der Waals surface area contributed by atoms with Gasteiger partial charge in [0.15, 0.2) is 5.11 Å². The normalized spacial score (nSPS) is 21.5. The molecule has 2 fully saturated rings. The largest absolute Gasteiger partial charge is 0.328 e. The Kier molecular flexibility index (Phi) is 4.57. The summed E-state index contributed by atoms with van der Waals surface area (Å²) in [6.45, 7) is 2.13. The lowest BCUT2D eigenvalue weighted by atomic mass is 9.94. The van der Waals surface area contributed by atoms with Gasteiger partial charge in [0.1, 0.15) is 5.70 Å². The molecular formula is C18H22N2OS. The third-order valence-corrected chi connectivity index (χ3v) is 4.85. The Hall–Kier alpha value is -1.68. The maximum absolute atomic E-state index is 12.7. The molecule has 0 unspecified atom stereocenters. The molecule has 1 aliphatic carbocycles. The fraction of sp³-hybridized carbons (Fsp3) is 0.444. The minimum Gasteiger partial charge on any atom is -0.328 e. The summed E-state index contributed by atoms with van der Waals surface area (Å²) in [6, 6.07) is 8.57. The highest BCUT2D eigenvalue weighted by molar-refractivity contribution is 7.80. The van der Waals surface area contributed by atoms with Gasteiger partial charge in [-0.3, -0.25) is 9.69 Å². The smallest absolute Gasteiger partial charge is 0.276 e. The fourth-order valence-corrected chi connectivity index (χ4v) is 3.58. The van der Waals surface area contributed by atoms with Gasteiger partial charge in [0.25, 0.3) is 5.91 Å². The molecule has 3 rings (SSSR count). The summed E-state index contributed by atoms with van der Waals surface area (Å²) in [5, 5.41) is 3.66. The predicted octanol–water partition coefficient (Wildman–Crippen LogP) is 3.64. The van der Waals surface area contributed by atoms with E-state index in [2.05, 4.69) is 24.4 Å². The van der Waals surface area contributed by atoms with Crippen LogP contribution in [0.25, 0.3) is 6.08 Å². The summed E-state index contributed by atoms with van der Waals surface area (Å²) >= 11 is 5.38.